The summed E-state index contributed by atoms with van der Waals surface area (Å²) < 4.78 is 0.999. The molecule has 0 N–H and O–H groups in total. The Morgan fingerprint density at radius 2 is 2.00 bits per heavy atom. The topological polar surface area (TPSA) is 43.1 Å². The van der Waals surface area contributed by atoms with Crippen LogP contribution in [0.1, 0.15) is 5.56 Å². The summed E-state index contributed by atoms with van der Waals surface area (Å²) in [6.07, 6.45) is 0. The third kappa shape index (κ3) is 3.72. The molecule has 0 saturated heterocycles. The summed E-state index contributed by atoms with van der Waals surface area (Å²) in [5, 5.41) is 11.3. The first-order chi connectivity index (χ1) is 9.08. The Kier molecular flexibility index (Phi) is 4.85. The zero-order valence-corrected chi connectivity index (χ0v) is 12.8. The van der Waals surface area contributed by atoms with Gasteiger partial charge in [-0.05, 0) is 23.8 Å². The lowest BCUT2D eigenvalue weighted by Gasteiger charge is -2.05. The van der Waals surface area contributed by atoms with E-state index in [1.807, 2.05) is 24.3 Å². The lowest BCUT2D eigenvalue weighted by atomic mass is 10.2. The molecule has 0 aliphatic carbocycles. The monoisotopic (exact) mass is 357 g/mol. The van der Waals surface area contributed by atoms with E-state index in [9.17, 15) is 10.1 Å². The highest BCUT2D eigenvalue weighted by Gasteiger charge is 2.15. The van der Waals surface area contributed by atoms with Gasteiger partial charge in [0.25, 0.3) is 5.69 Å². The average molecular weight is 359 g/mol. The van der Waals surface area contributed by atoms with E-state index in [1.54, 1.807) is 12.1 Å². The van der Waals surface area contributed by atoms with Crippen molar-refractivity contribution in [2.75, 3.05) is 0 Å². The molecule has 98 valence electrons. The fourth-order valence-corrected chi connectivity index (χ4v) is 3.31. The molecule has 0 spiro atoms. The van der Waals surface area contributed by atoms with Gasteiger partial charge in [0.1, 0.15) is 0 Å². The number of rotatable bonds is 4. The van der Waals surface area contributed by atoms with Gasteiger partial charge in [0.2, 0.25) is 0 Å². The number of hydrogen-bond acceptors (Lipinski definition) is 3. The highest BCUT2D eigenvalue weighted by atomic mass is 79.9. The molecular formula is C13H9BrClNO2S. The molecule has 0 bridgehead atoms. The van der Waals surface area contributed by atoms with E-state index in [-0.39, 0.29) is 5.69 Å². The van der Waals surface area contributed by atoms with E-state index >= 15 is 0 Å². The van der Waals surface area contributed by atoms with Crippen molar-refractivity contribution in [1.82, 2.24) is 0 Å². The molecule has 2 aromatic carbocycles. The first-order valence-corrected chi connectivity index (χ1v) is 7.54. The summed E-state index contributed by atoms with van der Waals surface area (Å²) in [6.45, 7) is 0. The van der Waals surface area contributed by atoms with Crippen LogP contribution in [0.2, 0.25) is 5.02 Å². The Morgan fingerprint density at radius 3 is 2.68 bits per heavy atom. The minimum Gasteiger partial charge on any atom is -0.258 e. The van der Waals surface area contributed by atoms with E-state index in [0.717, 1.165) is 10.0 Å². The summed E-state index contributed by atoms with van der Waals surface area (Å²) in [7, 11) is 0. The quantitative estimate of drug-likeness (QED) is 0.423. The number of thioether (sulfide) groups is 1. The van der Waals surface area contributed by atoms with Crippen molar-refractivity contribution in [1.29, 1.82) is 0 Å². The van der Waals surface area contributed by atoms with Gasteiger partial charge in [-0.3, -0.25) is 10.1 Å². The molecule has 0 atom stereocenters. The van der Waals surface area contributed by atoms with E-state index in [4.69, 9.17) is 11.6 Å². The summed E-state index contributed by atoms with van der Waals surface area (Å²) in [4.78, 5) is 11.2. The second-order valence-corrected chi connectivity index (χ2v) is 6.06. The standard InChI is InChI=1S/C13H9BrClNO2S/c14-11-4-2-1-3-9(11)8-19-13-6-5-10(15)7-12(13)16(17)18/h1-7H,8H2. The average Bonchev–Trinajstić information content (AvgIpc) is 2.38. The van der Waals surface area contributed by atoms with Crippen molar-refractivity contribution in [3.63, 3.8) is 0 Å². The third-order valence-electron chi connectivity index (χ3n) is 2.46. The van der Waals surface area contributed by atoms with Crippen molar-refractivity contribution in [2.45, 2.75) is 10.6 Å². The fraction of sp³-hybridized carbons (Fsp3) is 0.0769. The molecule has 0 saturated carbocycles. The SMILES string of the molecule is O=[N+]([O-])c1cc(Cl)ccc1SCc1ccccc1Br. The summed E-state index contributed by atoms with van der Waals surface area (Å²) >= 11 is 10.7. The minimum absolute atomic E-state index is 0.0459. The molecule has 0 fully saturated rings. The van der Waals surface area contributed by atoms with Crippen molar-refractivity contribution in [2.24, 2.45) is 0 Å². The zero-order chi connectivity index (χ0) is 13.8. The van der Waals surface area contributed by atoms with Crippen LogP contribution in [0, 0.1) is 10.1 Å². The number of nitro benzene ring substituents is 1. The van der Waals surface area contributed by atoms with Crippen molar-refractivity contribution in [3.8, 4) is 0 Å². The summed E-state index contributed by atoms with van der Waals surface area (Å²) in [5.74, 6) is 0.657. The zero-order valence-electron chi connectivity index (χ0n) is 9.68. The van der Waals surface area contributed by atoms with Gasteiger partial charge in [-0.1, -0.05) is 45.7 Å². The Labute approximate surface area is 128 Å². The lowest BCUT2D eigenvalue weighted by molar-refractivity contribution is -0.387. The molecule has 0 radical (unpaired) electrons. The van der Waals surface area contributed by atoms with Crippen LogP contribution in [0.3, 0.4) is 0 Å². The van der Waals surface area contributed by atoms with Crippen LogP contribution in [0.4, 0.5) is 5.69 Å². The van der Waals surface area contributed by atoms with E-state index < -0.39 is 4.92 Å². The van der Waals surface area contributed by atoms with Crippen LogP contribution in [0.5, 0.6) is 0 Å². The maximum atomic E-state index is 11.0. The molecule has 0 heterocycles. The van der Waals surface area contributed by atoms with Gasteiger partial charge in [0, 0.05) is 21.3 Å². The number of benzene rings is 2. The molecule has 6 heteroatoms. The Hall–Kier alpha value is -1.04. The smallest absolute Gasteiger partial charge is 0.258 e. The molecule has 3 nitrogen and oxygen atoms in total. The van der Waals surface area contributed by atoms with Crippen LogP contribution >= 0.6 is 39.3 Å². The molecule has 2 aromatic rings. The van der Waals surface area contributed by atoms with Gasteiger partial charge in [-0.25, -0.2) is 0 Å². The number of halogens is 2. The maximum Gasteiger partial charge on any atom is 0.284 e. The van der Waals surface area contributed by atoms with Crippen LogP contribution in [0.25, 0.3) is 0 Å². The van der Waals surface area contributed by atoms with E-state index in [0.29, 0.717) is 15.7 Å². The predicted octanol–water partition coefficient (Wildman–Crippen LogP) is 5.30. The number of hydrogen-bond donors (Lipinski definition) is 0. The van der Waals surface area contributed by atoms with Gasteiger partial charge < -0.3 is 0 Å². The fourth-order valence-electron chi connectivity index (χ4n) is 1.53. The predicted molar refractivity (Wildman–Crippen MR) is 81.8 cm³/mol. The molecular weight excluding hydrogens is 350 g/mol. The number of nitrogens with zero attached hydrogens (tertiary/aromatic N) is 1. The van der Waals surface area contributed by atoms with Crippen molar-refractivity contribution >= 4 is 45.0 Å². The molecule has 0 aliphatic rings. The van der Waals surface area contributed by atoms with Crippen LogP contribution < -0.4 is 0 Å². The highest BCUT2D eigenvalue weighted by molar-refractivity contribution is 9.10. The molecule has 0 amide bonds. The minimum atomic E-state index is -0.408. The molecule has 0 unspecified atom stereocenters. The second-order valence-electron chi connectivity index (χ2n) is 3.75. The van der Waals surface area contributed by atoms with Gasteiger partial charge in [-0.2, -0.15) is 0 Å². The van der Waals surface area contributed by atoms with Crippen LogP contribution in [-0.4, -0.2) is 4.92 Å². The van der Waals surface area contributed by atoms with Gasteiger partial charge in [0.05, 0.1) is 9.82 Å². The molecule has 2 rings (SSSR count). The lowest BCUT2D eigenvalue weighted by Crippen LogP contribution is -1.91. The second kappa shape index (κ2) is 6.41. The molecule has 0 aliphatic heterocycles. The first-order valence-electron chi connectivity index (χ1n) is 5.38. The van der Waals surface area contributed by atoms with E-state index in [2.05, 4.69) is 15.9 Å². The van der Waals surface area contributed by atoms with Gasteiger partial charge in [-0.15, -0.1) is 11.8 Å². The molecule has 0 aromatic heterocycles. The first kappa shape index (κ1) is 14.4. The maximum absolute atomic E-state index is 11.0. The highest BCUT2D eigenvalue weighted by Crippen LogP contribution is 2.34. The van der Waals surface area contributed by atoms with E-state index in [1.165, 1.54) is 17.8 Å². The summed E-state index contributed by atoms with van der Waals surface area (Å²) in [6, 6.07) is 12.5. The van der Waals surface area contributed by atoms with Crippen LogP contribution in [-0.2, 0) is 5.75 Å². The van der Waals surface area contributed by atoms with Gasteiger partial charge in [0.15, 0.2) is 0 Å². The van der Waals surface area contributed by atoms with Crippen molar-refractivity contribution in [3.05, 3.63) is 67.6 Å². The third-order valence-corrected chi connectivity index (χ3v) is 4.58. The molecule has 19 heavy (non-hydrogen) atoms. The Morgan fingerprint density at radius 1 is 1.26 bits per heavy atom. The van der Waals surface area contributed by atoms with Gasteiger partial charge >= 0.3 is 0 Å². The van der Waals surface area contributed by atoms with Crippen LogP contribution in [0.15, 0.2) is 51.8 Å². The summed E-state index contributed by atoms with van der Waals surface area (Å²) in [5.41, 5.74) is 1.14. The number of nitro groups is 1. The normalized spacial score (nSPS) is 10.4. The van der Waals surface area contributed by atoms with Crippen molar-refractivity contribution < 1.29 is 4.92 Å². The Bertz CT molecular complexity index is 621. The Balaban J connectivity index is 2.20. The largest absolute Gasteiger partial charge is 0.284 e.